The van der Waals surface area contributed by atoms with Crippen molar-refractivity contribution in [3.63, 3.8) is 0 Å². The zero-order valence-corrected chi connectivity index (χ0v) is 15.3. The molecule has 0 aliphatic heterocycles. The summed E-state index contributed by atoms with van der Waals surface area (Å²) in [5.41, 5.74) is 3.01. The molecule has 0 saturated heterocycles. The standard InChI is InChI=1S/C21H25N3O2/c1-15-14-23-13-10-18(15)16-6-8-17(9-7-16)19(25)24-21(20(26)22-2)11-4-3-5-12-21/h6-10,13-14H,3-5,11-12H2,1-2H3,(H,22,26)(H,24,25). The lowest BCUT2D eigenvalue weighted by molar-refractivity contribution is -0.128. The van der Waals surface area contributed by atoms with Crippen molar-refractivity contribution in [3.05, 3.63) is 53.9 Å². The first-order chi connectivity index (χ1) is 12.6. The lowest BCUT2D eigenvalue weighted by Gasteiger charge is -2.36. The van der Waals surface area contributed by atoms with Gasteiger partial charge in [-0.05, 0) is 54.7 Å². The van der Waals surface area contributed by atoms with Gasteiger partial charge in [0, 0.05) is 25.0 Å². The molecule has 2 N–H and O–H groups in total. The number of amides is 2. The van der Waals surface area contributed by atoms with E-state index >= 15 is 0 Å². The van der Waals surface area contributed by atoms with Crippen molar-refractivity contribution in [2.24, 2.45) is 0 Å². The molecule has 5 heteroatoms. The lowest BCUT2D eigenvalue weighted by atomic mass is 9.80. The summed E-state index contributed by atoms with van der Waals surface area (Å²) in [6, 6.07) is 9.46. The van der Waals surface area contributed by atoms with Gasteiger partial charge in [0.25, 0.3) is 5.91 Å². The first kappa shape index (κ1) is 18.1. The maximum atomic E-state index is 12.8. The predicted octanol–water partition coefficient (Wildman–Crippen LogP) is 3.24. The molecule has 136 valence electrons. The molecule has 1 heterocycles. The second kappa shape index (κ2) is 7.68. The summed E-state index contributed by atoms with van der Waals surface area (Å²) < 4.78 is 0. The van der Waals surface area contributed by atoms with E-state index in [-0.39, 0.29) is 11.8 Å². The van der Waals surface area contributed by atoms with Crippen molar-refractivity contribution in [1.29, 1.82) is 0 Å². The van der Waals surface area contributed by atoms with Gasteiger partial charge in [-0.2, -0.15) is 0 Å². The van der Waals surface area contributed by atoms with Crippen LogP contribution in [0.4, 0.5) is 0 Å². The zero-order valence-electron chi connectivity index (χ0n) is 15.3. The van der Waals surface area contributed by atoms with E-state index in [1.54, 1.807) is 13.2 Å². The molecule has 1 fully saturated rings. The van der Waals surface area contributed by atoms with Gasteiger partial charge >= 0.3 is 0 Å². The van der Waals surface area contributed by atoms with Gasteiger partial charge in [0.15, 0.2) is 0 Å². The van der Waals surface area contributed by atoms with Gasteiger partial charge in [-0.3, -0.25) is 14.6 Å². The van der Waals surface area contributed by atoms with Gasteiger partial charge in [-0.1, -0.05) is 31.4 Å². The monoisotopic (exact) mass is 351 g/mol. The van der Waals surface area contributed by atoms with Gasteiger partial charge in [-0.25, -0.2) is 0 Å². The summed E-state index contributed by atoms with van der Waals surface area (Å²) >= 11 is 0. The fourth-order valence-corrected chi connectivity index (χ4v) is 3.69. The second-order valence-corrected chi connectivity index (χ2v) is 6.94. The number of aryl methyl sites for hydroxylation is 1. The number of carbonyl (C=O) groups excluding carboxylic acids is 2. The Morgan fingerprint density at radius 2 is 1.73 bits per heavy atom. The van der Waals surface area contributed by atoms with E-state index < -0.39 is 5.54 Å². The summed E-state index contributed by atoms with van der Waals surface area (Å²) in [5, 5.41) is 5.72. The number of benzene rings is 1. The molecule has 2 aromatic rings. The third-order valence-corrected chi connectivity index (χ3v) is 5.20. The van der Waals surface area contributed by atoms with Gasteiger partial charge in [0.1, 0.15) is 5.54 Å². The molecular formula is C21H25N3O2. The van der Waals surface area contributed by atoms with E-state index in [9.17, 15) is 9.59 Å². The highest BCUT2D eigenvalue weighted by atomic mass is 16.2. The molecule has 5 nitrogen and oxygen atoms in total. The van der Waals surface area contributed by atoms with E-state index in [1.165, 1.54) is 0 Å². The maximum absolute atomic E-state index is 12.8. The highest BCUT2D eigenvalue weighted by molar-refractivity contribution is 5.99. The molecule has 3 rings (SSSR count). The number of likely N-dealkylation sites (N-methyl/N-ethyl adjacent to an activating group) is 1. The zero-order chi connectivity index (χ0) is 18.6. The second-order valence-electron chi connectivity index (χ2n) is 6.94. The summed E-state index contributed by atoms with van der Waals surface area (Å²) in [6.45, 7) is 2.01. The Hall–Kier alpha value is -2.69. The van der Waals surface area contributed by atoms with E-state index in [4.69, 9.17) is 0 Å². The van der Waals surface area contributed by atoms with Gasteiger partial charge < -0.3 is 10.6 Å². The highest BCUT2D eigenvalue weighted by Gasteiger charge is 2.40. The Balaban J connectivity index is 1.79. The van der Waals surface area contributed by atoms with Gasteiger partial charge in [-0.15, -0.1) is 0 Å². The number of carbonyl (C=O) groups is 2. The SMILES string of the molecule is CNC(=O)C1(NC(=O)c2ccc(-c3ccncc3C)cc2)CCCCC1. The van der Waals surface area contributed by atoms with Crippen LogP contribution < -0.4 is 10.6 Å². The van der Waals surface area contributed by atoms with Crippen molar-refractivity contribution in [3.8, 4) is 11.1 Å². The molecule has 2 amide bonds. The van der Waals surface area contributed by atoms with Crippen LogP contribution in [0.2, 0.25) is 0 Å². The van der Waals surface area contributed by atoms with Crippen LogP contribution >= 0.6 is 0 Å². The number of pyridine rings is 1. The fraction of sp³-hybridized carbons (Fsp3) is 0.381. The molecule has 1 aromatic carbocycles. The minimum atomic E-state index is -0.787. The first-order valence-electron chi connectivity index (χ1n) is 9.11. The van der Waals surface area contributed by atoms with Gasteiger partial charge in [0.05, 0.1) is 0 Å². The smallest absolute Gasteiger partial charge is 0.252 e. The van der Waals surface area contributed by atoms with E-state index in [0.29, 0.717) is 18.4 Å². The highest BCUT2D eigenvalue weighted by Crippen LogP contribution is 2.29. The molecule has 1 aromatic heterocycles. The molecule has 1 aliphatic carbocycles. The number of hydrogen-bond donors (Lipinski definition) is 2. The van der Waals surface area contributed by atoms with Crippen molar-refractivity contribution in [2.75, 3.05) is 7.05 Å². The summed E-state index contributed by atoms with van der Waals surface area (Å²) in [7, 11) is 1.62. The maximum Gasteiger partial charge on any atom is 0.252 e. The van der Waals surface area contributed by atoms with Crippen LogP contribution in [0.5, 0.6) is 0 Å². The average molecular weight is 351 g/mol. The minimum Gasteiger partial charge on any atom is -0.357 e. The Labute approximate surface area is 154 Å². The van der Waals surface area contributed by atoms with Crippen molar-refractivity contribution >= 4 is 11.8 Å². The van der Waals surface area contributed by atoms with Gasteiger partial charge in [0.2, 0.25) is 5.91 Å². The summed E-state index contributed by atoms with van der Waals surface area (Å²) in [5.74, 6) is -0.303. The summed E-state index contributed by atoms with van der Waals surface area (Å²) in [6.07, 6.45) is 7.97. The molecule has 1 saturated carbocycles. The Bertz CT molecular complexity index is 793. The van der Waals surface area contributed by atoms with Crippen LogP contribution in [0.15, 0.2) is 42.7 Å². The summed E-state index contributed by atoms with van der Waals surface area (Å²) in [4.78, 5) is 29.3. The molecular weight excluding hydrogens is 326 g/mol. The minimum absolute atomic E-state index is 0.102. The molecule has 0 unspecified atom stereocenters. The largest absolute Gasteiger partial charge is 0.357 e. The van der Waals surface area contributed by atoms with E-state index in [2.05, 4.69) is 15.6 Å². The quantitative estimate of drug-likeness (QED) is 0.888. The van der Waals surface area contributed by atoms with Crippen LogP contribution in [0.25, 0.3) is 11.1 Å². The molecule has 1 aliphatic rings. The number of aromatic nitrogens is 1. The third-order valence-electron chi connectivity index (χ3n) is 5.20. The Morgan fingerprint density at radius 3 is 2.35 bits per heavy atom. The number of rotatable bonds is 4. The first-order valence-corrected chi connectivity index (χ1v) is 9.11. The fourth-order valence-electron chi connectivity index (χ4n) is 3.69. The molecule has 0 atom stereocenters. The van der Waals surface area contributed by atoms with E-state index in [0.717, 1.165) is 36.0 Å². The number of nitrogens with one attached hydrogen (secondary N) is 2. The average Bonchev–Trinajstić information content (AvgIpc) is 2.68. The molecule has 0 spiro atoms. The van der Waals surface area contributed by atoms with Crippen LogP contribution in [0.1, 0.15) is 48.0 Å². The van der Waals surface area contributed by atoms with Crippen molar-refractivity contribution in [2.45, 2.75) is 44.6 Å². The van der Waals surface area contributed by atoms with Crippen LogP contribution in [0.3, 0.4) is 0 Å². The third kappa shape index (κ3) is 3.62. The predicted molar refractivity (Wildman–Crippen MR) is 102 cm³/mol. The lowest BCUT2D eigenvalue weighted by Crippen LogP contribution is -2.59. The number of hydrogen-bond acceptors (Lipinski definition) is 3. The number of nitrogens with zero attached hydrogens (tertiary/aromatic N) is 1. The van der Waals surface area contributed by atoms with Crippen LogP contribution in [0, 0.1) is 6.92 Å². The Kier molecular flexibility index (Phi) is 5.35. The Morgan fingerprint density at radius 1 is 1.04 bits per heavy atom. The van der Waals surface area contributed by atoms with Crippen LogP contribution in [-0.2, 0) is 4.79 Å². The molecule has 0 bridgehead atoms. The topological polar surface area (TPSA) is 71.1 Å². The van der Waals surface area contributed by atoms with Crippen LogP contribution in [-0.4, -0.2) is 29.4 Å². The van der Waals surface area contributed by atoms with E-state index in [1.807, 2.05) is 43.5 Å². The molecule has 0 radical (unpaired) electrons. The van der Waals surface area contributed by atoms with Crippen molar-refractivity contribution in [1.82, 2.24) is 15.6 Å². The molecule has 26 heavy (non-hydrogen) atoms. The van der Waals surface area contributed by atoms with Crippen molar-refractivity contribution < 1.29 is 9.59 Å². The normalized spacial score (nSPS) is 15.9.